The summed E-state index contributed by atoms with van der Waals surface area (Å²) in [6.07, 6.45) is 0. The Morgan fingerprint density at radius 1 is 1.11 bits per heavy atom. The van der Waals surface area contributed by atoms with Crippen molar-refractivity contribution in [2.24, 2.45) is 0 Å². The number of rotatable bonds is 5. The summed E-state index contributed by atoms with van der Waals surface area (Å²) >= 11 is 6.18. The van der Waals surface area contributed by atoms with Crippen molar-refractivity contribution in [1.82, 2.24) is 4.90 Å². The molecular weight excluding hydrogens is 388 g/mol. The molecule has 7 nitrogen and oxygen atoms in total. The first-order chi connectivity index (χ1) is 12.8. The number of piperazine rings is 1. The zero-order valence-corrected chi connectivity index (χ0v) is 16.9. The standard InChI is InChI=1S/C18H23ClN4O3S/c1-21-9-11-22(12-10-21)16-8-7-14(13-15(16)20)27(24,25)23(19)17-5-3-4-6-18(17)26-2/h3-8,13H,9-12,20H2,1-2H3. The molecule has 1 aliphatic heterocycles. The van der Waals surface area contributed by atoms with Gasteiger partial charge < -0.3 is 20.3 Å². The van der Waals surface area contributed by atoms with E-state index >= 15 is 0 Å². The quantitative estimate of drug-likeness (QED) is 0.602. The van der Waals surface area contributed by atoms with Gasteiger partial charge in [0.15, 0.2) is 0 Å². The molecular formula is C18H23ClN4O3S. The van der Waals surface area contributed by atoms with Gasteiger partial charge >= 0.3 is 0 Å². The number of nitrogens with zero attached hydrogens (tertiary/aromatic N) is 3. The highest BCUT2D eigenvalue weighted by molar-refractivity contribution is 7.94. The first-order valence-corrected chi connectivity index (χ1v) is 10.3. The second kappa shape index (κ2) is 7.84. The summed E-state index contributed by atoms with van der Waals surface area (Å²) in [7, 11) is -0.461. The smallest absolute Gasteiger partial charge is 0.278 e. The van der Waals surface area contributed by atoms with E-state index in [-0.39, 0.29) is 10.6 Å². The van der Waals surface area contributed by atoms with E-state index in [1.54, 1.807) is 30.3 Å². The van der Waals surface area contributed by atoms with Crippen molar-refractivity contribution >= 4 is 38.9 Å². The van der Waals surface area contributed by atoms with Crippen LogP contribution >= 0.6 is 11.8 Å². The highest BCUT2D eigenvalue weighted by Crippen LogP contribution is 2.35. The van der Waals surface area contributed by atoms with Gasteiger partial charge in [0.25, 0.3) is 10.0 Å². The summed E-state index contributed by atoms with van der Waals surface area (Å²) in [5.41, 5.74) is 7.65. The zero-order valence-electron chi connectivity index (χ0n) is 15.3. The number of halogens is 1. The number of hydrogen-bond donors (Lipinski definition) is 1. The number of nitrogen functional groups attached to an aromatic ring is 1. The third-order valence-electron chi connectivity index (χ3n) is 4.63. The SMILES string of the molecule is COc1ccccc1N(Cl)S(=O)(=O)c1ccc(N2CCN(C)CC2)c(N)c1. The minimum Gasteiger partial charge on any atom is -0.494 e. The molecule has 27 heavy (non-hydrogen) atoms. The fourth-order valence-electron chi connectivity index (χ4n) is 3.03. The Morgan fingerprint density at radius 3 is 2.41 bits per heavy atom. The fraction of sp³-hybridized carbons (Fsp3) is 0.333. The highest BCUT2D eigenvalue weighted by Gasteiger charge is 2.27. The Hall–Kier alpha value is -2.16. The molecule has 0 aromatic heterocycles. The van der Waals surface area contributed by atoms with Crippen molar-refractivity contribution in [3.8, 4) is 5.75 Å². The Morgan fingerprint density at radius 2 is 1.78 bits per heavy atom. The summed E-state index contributed by atoms with van der Waals surface area (Å²) in [5, 5.41) is 0. The highest BCUT2D eigenvalue weighted by atomic mass is 35.5. The molecule has 0 saturated carbocycles. The predicted molar refractivity (Wildman–Crippen MR) is 109 cm³/mol. The van der Waals surface area contributed by atoms with Crippen molar-refractivity contribution in [3.05, 3.63) is 42.5 Å². The monoisotopic (exact) mass is 410 g/mol. The van der Waals surface area contributed by atoms with E-state index in [2.05, 4.69) is 16.8 Å². The largest absolute Gasteiger partial charge is 0.494 e. The third-order valence-corrected chi connectivity index (χ3v) is 6.82. The van der Waals surface area contributed by atoms with Gasteiger partial charge in [-0.2, -0.15) is 12.2 Å². The number of methoxy groups -OCH3 is 1. The minimum absolute atomic E-state index is 0.0267. The summed E-state index contributed by atoms with van der Waals surface area (Å²) in [6.45, 7) is 3.55. The van der Waals surface area contributed by atoms with Crippen LogP contribution in [-0.4, -0.2) is 53.7 Å². The summed E-state index contributed by atoms with van der Waals surface area (Å²) in [6, 6.07) is 11.4. The molecule has 1 fully saturated rings. The lowest BCUT2D eigenvalue weighted by molar-refractivity contribution is 0.313. The number of nitrogens with two attached hydrogens (primary N) is 1. The zero-order chi connectivity index (χ0) is 19.6. The molecule has 1 heterocycles. The van der Waals surface area contributed by atoms with E-state index in [1.807, 2.05) is 0 Å². The number of para-hydroxylation sites is 2. The van der Waals surface area contributed by atoms with Crippen LogP contribution in [0.15, 0.2) is 47.4 Å². The molecule has 0 unspecified atom stereocenters. The number of sulfonamides is 1. The fourth-order valence-corrected chi connectivity index (χ4v) is 4.51. The molecule has 0 spiro atoms. The van der Waals surface area contributed by atoms with E-state index < -0.39 is 10.0 Å². The Kier molecular flexibility index (Phi) is 5.69. The van der Waals surface area contributed by atoms with Crippen molar-refractivity contribution in [1.29, 1.82) is 0 Å². The van der Waals surface area contributed by atoms with Gasteiger partial charge in [0, 0.05) is 38.0 Å². The van der Waals surface area contributed by atoms with Crippen LogP contribution in [0.3, 0.4) is 0 Å². The minimum atomic E-state index is -3.99. The maximum Gasteiger partial charge on any atom is 0.278 e. The van der Waals surface area contributed by atoms with Gasteiger partial charge in [0.05, 0.1) is 23.4 Å². The maximum absolute atomic E-state index is 12.9. The predicted octanol–water partition coefficient (Wildman–Crippen LogP) is 2.38. The van der Waals surface area contributed by atoms with E-state index in [4.69, 9.17) is 22.2 Å². The van der Waals surface area contributed by atoms with Gasteiger partial charge in [0.2, 0.25) is 0 Å². The van der Waals surface area contributed by atoms with Gasteiger partial charge in [-0.15, -0.1) is 0 Å². The Labute approximate surface area is 165 Å². The summed E-state index contributed by atoms with van der Waals surface area (Å²) < 4.78 is 31.8. The van der Waals surface area contributed by atoms with E-state index in [1.165, 1.54) is 19.2 Å². The average molecular weight is 411 g/mol. The molecule has 3 rings (SSSR count). The van der Waals surface area contributed by atoms with Crippen LogP contribution in [0.4, 0.5) is 17.1 Å². The first kappa shape index (κ1) is 19.6. The topological polar surface area (TPSA) is 79.1 Å². The molecule has 1 aliphatic rings. The second-order valence-corrected chi connectivity index (χ2v) is 8.73. The lowest BCUT2D eigenvalue weighted by Gasteiger charge is -2.34. The third kappa shape index (κ3) is 3.92. The van der Waals surface area contributed by atoms with Gasteiger partial charge in [-0.05, 0) is 37.4 Å². The van der Waals surface area contributed by atoms with Crippen LogP contribution in [0.2, 0.25) is 0 Å². The van der Waals surface area contributed by atoms with Gasteiger partial charge in [0.1, 0.15) is 11.4 Å². The molecule has 0 bridgehead atoms. The molecule has 2 N–H and O–H groups in total. The lowest BCUT2D eigenvalue weighted by atomic mass is 10.2. The van der Waals surface area contributed by atoms with Gasteiger partial charge in [-0.3, -0.25) is 0 Å². The van der Waals surface area contributed by atoms with Crippen LogP contribution in [-0.2, 0) is 10.0 Å². The molecule has 146 valence electrons. The number of hydrogen-bond acceptors (Lipinski definition) is 6. The van der Waals surface area contributed by atoms with Crippen LogP contribution in [0, 0.1) is 0 Å². The number of ether oxygens (including phenoxy) is 1. The number of anilines is 3. The van der Waals surface area contributed by atoms with Gasteiger partial charge in [-0.1, -0.05) is 12.1 Å². The molecule has 0 radical (unpaired) electrons. The van der Waals surface area contributed by atoms with Crippen molar-refractivity contribution in [2.75, 3.05) is 54.8 Å². The molecule has 2 aromatic carbocycles. The van der Waals surface area contributed by atoms with Crippen molar-refractivity contribution < 1.29 is 13.2 Å². The first-order valence-electron chi connectivity index (χ1n) is 8.51. The summed E-state index contributed by atoms with van der Waals surface area (Å²) in [4.78, 5) is 4.42. The normalized spacial score (nSPS) is 15.6. The average Bonchev–Trinajstić information content (AvgIpc) is 2.68. The van der Waals surface area contributed by atoms with E-state index in [0.29, 0.717) is 15.3 Å². The second-order valence-electron chi connectivity index (χ2n) is 6.40. The number of likely N-dealkylation sites (N-methyl/N-ethyl adjacent to an activating group) is 1. The molecule has 0 atom stereocenters. The molecule has 0 amide bonds. The maximum atomic E-state index is 12.9. The van der Waals surface area contributed by atoms with Crippen LogP contribution < -0.4 is 19.2 Å². The van der Waals surface area contributed by atoms with Crippen LogP contribution in [0.25, 0.3) is 0 Å². The van der Waals surface area contributed by atoms with E-state index in [0.717, 1.165) is 31.9 Å². The molecule has 9 heteroatoms. The molecule has 1 saturated heterocycles. The Bertz CT molecular complexity index is 915. The van der Waals surface area contributed by atoms with Crippen LogP contribution in [0.5, 0.6) is 5.75 Å². The molecule has 0 aliphatic carbocycles. The van der Waals surface area contributed by atoms with Crippen LogP contribution in [0.1, 0.15) is 0 Å². The van der Waals surface area contributed by atoms with Crippen molar-refractivity contribution in [2.45, 2.75) is 4.90 Å². The van der Waals surface area contributed by atoms with Gasteiger partial charge in [-0.25, -0.2) is 0 Å². The lowest BCUT2D eigenvalue weighted by Crippen LogP contribution is -2.44. The summed E-state index contributed by atoms with van der Waals surface area (Å²) in [5.74, 6) is 0.359. The Balaban J connectivity index is 1.90. The van der Waals surface area contributed by atoms with Crippen molar-refractivity contribution in [3.63, 3.8) is 0 Å². The number of benzene rings is 2. The van der Waals surface area contributed by atoms with E-state index in [9.17, 15) is 8.42 Å². The molecule has 2 aromatic rings.